The molecule has 1 aliphatic heterocycles. The highest BCUT2D eigenvalue weighted by Crippen LogP contribution is 2.45. The Hall–Kier alpha value is -3.02. The van der Waals surface area contributed by atoms with Gasteiger partial charge in [0.1, 0.15) is 0 Å². The van der Waals surface area contributed by atoms with Gasteiger partial charge in [0.05, 0.1) is 32.4 Å². The van der Waals surface area contributed by atoms with Crippen LogP contribution in [0.3, 0.4) is 0 Å². The number of anilines is 1. The number of hydrogen-bond donors (Lipinski definition) is 0. The monoisotopic (exact) mass is 383 g/mol. The van der Waals surface area contributed by atoms with Gasteiger partial charge in [-0.1, -0.05) is 30.3 Å². The molecule has 148 valence electrons. The Labute approximate surface area is 165 Å². The van der Waals surface area contributed by atoms with Gasteiger partial charge in [-0.25, -0.2) is 4.79 Å². The van der Waals surface area contributed by atoms with Crippen molar-refractivity contribution in [3.05, 3.63) is 53.6 Å². The summed E-state index contributed by atoms with van der Waals surface area (Å²) in [6.45, 7) is 3.96. The van der Waals surface area contributed by atoms with E-state index in [0.29, 0.717) is 29.2 Å². The molecule has 1 aliphatic rings. The first kappa shape index (κ1) is 19.7. The average molecular weight is 383 g/mol. The van der Waals surface area contributed by atoms with Crippen molar-refractivity contribution in [1.82, 2.24) is 0 Å². The summed E-state index contributed by atoms with van der Waals surface area (Å²) in [4.78, 5) is 27.5. The van der Waals surface area contributed by atoms with Crippen molar-refractivity contribution in [1.29, 1.82) is 0 Å². The Morgan fingerprint density at radius 2 is 1.71 bits per heavy atom. The molecule has 0 fully saturated rings. The Morgan fingerprint density at radius 3 is 2.32 bits per heavy atom. The van der Waals surface area contributed by atoms with E-state index in [1.807, 2.05) is 37.3 Å². The minimum atomic E-state index is -0.436. The summed E-state index contributed by atoms with van der Waals surface area (Å²) in [7, 11) is 3.09. The lowest BCUT2D eigenvalue weighted by Crippen LogP contribution is -2.44. The van der Waals surface area contributed by atoms with Crippen molar-refractivity contribution in [2.75, 3.05) is 25.7 Å². The Bertz CT molecular complexity index is 865. The second kappa shape index (κ2) is 8.33. The lowest BCUT2D eigenvalue weighted by molar-refractivity contribution is 0.0946. The predicted octanol–water partition coefficient (Wildman–Crippen LogP) is 4.43. The summed E-state index contributed by atoms with van der Waals surface area (Å²) in [5.74, 6) is 0.642. The van der Waals surface area contributed by atoms with Gasteiger partial charge in [0, 0.05) is 17.7 Å². The van der Waals surface area contributed by atoms with Gasteiger partial charge in [0.25, 0.3) is 0 Å². The first-order valence-electron chi connectivity index (χ1n) is 9.32. The molecular formula is C22H25NO5. The fourth-order valence-corrected chi connectivity index (χ4v) is 3.71. The van der Waals surface area contributed by atoms with Crippen LogP contribution in [0.25, 0.3) is 0 Å². The molecule has 0 spiro atoms. The Morgan fingerprint density at radius 1 is 1.07 bits per heavy atom. The highest BCUT2D eigenvalue weighted by atomic mass is 16.6. The molecule has 2 atom stereocenters. The Balaban J connectivity index is 2.14. The number of methoxy groups -OCH3 is 2. The van der Waals surface area contributed by atoms with Gasteiger partial charge in [0.15, 0.2) is 17.3 Å². The van der Waals surface area contributed by atoms with Gasteiger partial charge in [-0.2, -0.15) is 0 Å². The number of carbonyl (C=O) groups is 2. The maximum Gasteiger partial charge on any atom is 0.414 e. The highest BCUT2D eigenvalue weighted by molar-refractivity contribution is 6.04. The standard InChI is InChI=1S/C22H25NO5/c1-5-28-22(25)23-14(2)11-17(21(24)15-9-7-6-8-10-15)16-12-19(26-3)20(27-4)13-18(16)23/h6-10,12-14,17H,5,11H2,1-4H3/t14-,17-/m1/s1. The van der Waals surface area contributed by atoms with Crippen LogP contribution < -0.4 is 14.4 Å². The SMILES string of the molecule is CCOC(=O)N1c2cc(OC)c(OC)cc2[C@H](C(=O)c2ccccc2)C[C@H]1C. The van der Waals surface area contributed by atoms with Crippen LogP contribution in [-0.2, 0) is 4.74 Å². The maximum atomic E-state index is 13.3. The largest absolute Gasteiger partial charge is 0.493 e. The number of carbonyl (C=O) groups excluding carboxylic acids is 2. The lowest BCUT2D eigenvalue weighted by Gasteiger charge is -2.38. The molecule has 0 saturated carbocycles. The zero-order valence-electron chi connectivity index (χ0n) is 16.6. The molecule has 0 aliphatic carbocycles. The number of amides is 1. The third-order valence-corrected chi connectivity index (χ3v) is 5.02. The van der Waals surface area contributed by atoms with Crippen LogP contribution in [0, 0.1) is 0 Å². The summed E-state index contributed by atoms with van der Waals surface area (Å²) < 4.78 is 16.1. The topological polar surface area (TPSA) is 65.1 Å². The fraction of sp³-hybridized carbons (Fsp3) is 0.364. The number of rotatable bonds is 5. The molecule has 0 unspecified atom stereocenters. The van der Waals surface area contributed by atoms with Crippen LogP contribution in [0.5, 0.6) is 11.5 Å². The number of ketones is 1. The number of benzene rings is 2. The van der Waals surface area contributed by atoms with Gasteiger partial charge in [-0.3, -0.25) is 9.69 Å². The first-order valence-corrected chi connectivity index (χ1v) is 9.32. The number of Topliss-reactive ketones (excluding diaryl/α,β-unsaturated/α-hetero) is 1. The molecule has 0 bridgehead atoms. The molecule has 3 rings (SSSR count). The zero-order chi connectivity index (χ0) is 20.3. The maximum absolute atomic E-state index is 13.3. The van der Waals surface area contributed by atoms with Crippen LogP contribution in [-0.4, -0.2) is 38.7 Å². The van der Waals surface area contributed by atoms with Gasteiger partial charge in [-0.15, -0.1) is 0 Å². The van der Waals surface area contributed by atoms with Crippen molar-refractivity contribution in [3.8, 4) is 11.5 Å². The molecule has 0 saturated heterocycles. The summed E-state index contributed by atoms with van der Waals surface area (Å²) in [6.07, 6.45) is 0.0590. The number of fused-ring (bicyclic) bond motifs is 1. The summed E-state index contributed by atoms with van der Waals surface area (Å²) in [6, 6.07) is 12.5. The molecule has 0 radical (unpaired) electrons. The molecule has 28 heavy (non-hydrogen) atoms. The summed E-state index contributed by atoms with van der Waals surface area (Å²) in [5, 5.41) is 0. The smallest absolute Gasteiger partial charge is 0.414 e. The van der Waals surface area contributed by atoms with E-state index in [9.17, 15) is 9.59 Å². The molecule has 6 nitrogen and oxygen atoms in total. The van der Waals surface area contributed by atoms with E-state index in [1.165, 1.54) is 7.11 Å². The minimum Gasteiger partial charge on any atom is -0.493 e. The van der Waals surface area contributed by atoms with E-state index in [-0.39, 0.29) is 18.4 Å². The van der Waals surface area contributed by atoms with E-state index in [4.69, 9.17) is 14.2 Å². The summed E-state index contributed by atoms with van der Waals surface area (Å²) in [5.41, 5.74) is 1.99. The van der Waals surface area contributed by atoms with E-state index in [2.05, 4.69) is 0 Å². The van der Waals surface area contributed by atoms with E-state index < -0.39 is 12.0 Å². The zero-order valence-corrected chi connectivity index (χ0v) is 16.6. The molecule has 6 heteroatoms. The first-order chi connectivity index (χ1) is 13.5. The molecule has 1 heterocycles. The molecule has 0 aromatic heterocycles. The third-order valence-electron chi connectivity index (χ3n) is 5.02. The average Bonchev–Trinajstić information content (AvgIpc) is 2.72. The Kier molecular flexibility index (Phi) is 5.87. The molecule has 2 aromatic carbocycles. The van der Waals surface area contributed by atoms with E-state index in [0.717, 1.165) is 5.56 Å². The normalized spacial score (nSPS) is 18.2. The second-order valence-electron chi connectivity index (χ2n) is 6.70. The van der Waals surface area contributed by atoms with E-state index in [1.54, 1.807) is 31.1 Å². The minimum absolute atomic E-state index is 0.0180. The second-order valence-corrected chi connectivity index (χ2v) is 6.70. The number of ether oxygens (including phenoxy) is 3. The molecule has 0 N–H and O–H groups in total. The quantitative estimate of drug-likeness (QED) is 0.715. The number of nitrogens with zero attached hydrogens (tertiary/aromatic N) is 1. The van der Waals surface area contributed by atoms with Crippen LogP contribution in [0.1, 0.15) is 42.1 Å². The van der Waals surface area contributed by atoms with E-state index >= 15 is 0 Å². The van der Waals surface area contributed by atoms with Crippen molar-refractivity contribution in [2.45, 2.75) is 32.2 Å². The van der Waals surface area contributed by atoms with Crippen molar-refractivity contribution in [3.63, 3.8) is 0 Å². The van der Waals surface area contributed by atoms with Crippen molar-refractivity contribution >= 4 is 17.6 Å². The molecule has 2 aromatic rings. The fourth-order valence-electron chi connectivity index (χ4n) is 3.71. The van der Waals surface area contributed by atoms with Gasteiger partial charge >= 0.3 is 6.09 Å². The van der Waals surface area contributed by atoms with Gasteiger partial charge < -0.3 is 14.2 Å². The van der Waals surface area contributed by atoms with Crippen LogP contribution >= 0.6 is 0 Å². The summed E-state index contributed by atoms with van der Waals surface area (Å²) >= 11 is 0. The van der Waals surface area contributed by atoms with Crippen LogP contribution in [0.2, 0.25) is 0 Å². The molecule has 1 amide bonds. The highest BCUT2D eigenvalue weighted by Gasteiger charge is 2.39. The van der Waals surface area contributed by atoms with Gasteiger partial charge in [-0.05, 0) is 31.9 Å². The van der Waals surface area contributed by atoms with Crippen LogP contribution in [0.15, 0.2) is 42.5 Å². The van der Waals surface area contributed by atoms with Crippen LogP contribution in [0.4, 0.5) is 10.5 Å². The predicted molar refractivity (Wildman–Crippen MR) is 107 cm³/mol. The molecular weight excluding hydrogens is 358 g/mol. The lowest BCUT2D eigenvalue weighted by atomic mass is 9.81. The van der Waals surface area contributed by atoms with Crippen molar-refractivity contribution < 1.29 is 23.8 Å². The number of hydrogen-bond acceptors (Lipinski definition) is 5. The van der Waals surface area contributed by atoms with Crippen molar-refractivity contribution in [2.24, 2.45) is 0 Å². The van der Waals surface area contributed by atoms with Gasteiger partial charge in [0.2, 0.25) is 0 Å². The third kappa shape index (κ3) is 3.54.